The fourth-order valence-electron chi connectivity index (χ4n) is 1.18. The quantitative estimate of drug-likeness (QED) is 0.578. The Labute approximate surface area is 97.0 Å². The standard InChI is InChI=1S/C10H13NO4S/c1-15-8(12)2-4-11-6-7-3-5-16-9(7)10(13)14/h3,5,11H,2,4,6H2,1H3,(H,13,14). The number of ether oxygens (including phenoxy) is 1. The molecule has 1 aromatic rings. The van der Waals surface area contributed by atoms with Crippen molar-refractivity contribution in [2.24, 2.45) is 0 Å². The van der Waals surface area contributed by atoms with Gasteiger partial charge in [-0.2, -0.15) is 0 Å². The zero-order valence-electron chi connectivity index (χ0n) is 8.86. The van der Waals surface area contributed by atoms with E-state index in [0.717, 1.165) is 5.56 Å². The molecule has 0 fully saturated rings. The number of carbonyl (C=O) groups excluding carboxylic acids is 1. The lowest BCUT2D eigenvalue weighted by molar-refractivity contribution is -0.140. The summed E-state index contributed by atoms with van der Waals surface area (Å²) >= 11 is 1.20. The van der Waals surface area contributed by atoms with E-state index in [2.05, 4.69) is 10.1 Å². The minimum Gasteiger partial charge on any atom is -0.477 e. The van der Waals surface area contributed by atoms with Crippen molar-refractivity contribution in [1.82, 2.24) is 5.32 Å². The number of thiophene rings is 1. The van der Waals surface area contributed by atoms with E-state index in [-0.39, 0.29) is 12.4 Å². The second-order valence-corrected chi connectivity index (χ2v) is 4.00. The number of carbonyl (C=O) groups is 2. The van der Waals surface area contributed by atoms with Crippen LogP contribution >= 0.6 is 11.3 Å². The normalized spacial score (nSPS) is 10.1. The first-order valence-corrected chi connectivity index (χ1v) is 5.60. The van der Waals surface area contributed by atoms with Crippen molar-refractivity contribution in [3.05, 3.63) is 21.9 Å². The van der Waals surface area contributed by atoms with Gasteiger partial charge in [-0.25, -0.2) is 4.79 Å². The molecule has 0 bridgehead atoms. The van der Waals surface area contributed by atoms with Crippen molar-refractivity contribution in [2.75, 3.05) is 13.7 Å². The minimum absolute atomic E-state index is 0.281. The van der Waals surface area contributed by atoms with Gasteiger partial charge in [-0.05, 0) is 17.0 Å². The van der Waals surface area contributed by atoms with Crippen molar-refractivity contribution in [3.63, 3.8) is 0 Å². The van der Waals surface area contributed by atoms with Crippen LogP contribution in [0.3, 0.4) is 0 Å². The summed E-state index contributed by atoms with van der Waals surface area (Å²) < 4.78 is 4.48. The summed E-state index contributed by atoms with van der Waals surface area (Å²) in [6.07, 6.45) is 0.281. The third-order valence-corrected chi connectivity index (χ3v) is 2.93. The smallest absolute Gasteiger partial charge is 0.346 e. The summed E-state index contributed by atoms with van der Waals surface area (Å²) in [6, 6.07) is 1.76. The highest BCUT2D eigenvalue weighted by molar-refractivity contribution is 7.12. The van der Waals surface area contributed by atoms with Crippen LogP contribution in [0.25, 0.3) is 0 Å². The maximum Gasteiger partial charge on any atom is 0.346 e. The van der Waals surface area contributed by atoms with Crippen molar-refractivity contribution < 1.29 is 19.4 Å². The highest BCUT2D eigenvalue weighted by atomic mass is 32.1. The lowest BCUT2D eigenvalue weighted by atomic mass is 10.2. The van der Waals surface area contributed by atoms with Gasteiger partial charge in [0.05, 0.1) is 13.5 Å². The lowest BCUT2D eigenvalue weighted by Crippen LogP contribution is -2.19. The van der Waals surface area contributed by atoms with Crippen molar-refractivity contribution >= 4 is 23.3 Å². The fourth-order valence-corrected chi connectivity index (χ4v) is 1.94. The van der Waals surface area contributed by atoms with Crippen LogP contribution in [0.2, 0.25) is 0 Å². The molecular formula is C10H13NO4S. The van der Waals surface area contributed by atoms with E-state index in [9.17, 15) is 9.59 Å². The third kappa shape index (κ3) is 3.63. The summed E-state index contributed by atoms with van der Waals surface area (Å²) in [7, 11) is 1.34. The van der Waals surface area contributed by atoms with Crippen LogP contribution < -0.4 is 5.32 Å². The Hall–Kier alpha value is -1.40. The number of esters is 1. The Morgan fingerprint density at radius 2 is 2.31 bits per heavy atom. The topological polar surface area (TPSA) is 75.6 Å². The van der Waals surface area contributed by atoms with E-state index < -0.39 is 5.97 Å². The molecule has 0 aliphatic carbocycles. The molecule has 0 aliphatic heterocycles. The van der Waals surface area contributed by atoms with Gasteiger partial charge in [-0.1, -0.05) is 0 Å². The molecule has 1 aromatic heterocycles. The molecule has 0 radical (unpaired) electrons. The van der Waals surface area contributed by atoms with Gasteiger partial charge in [0.25, 0.3) is 0 Å². The second kappa shape index (κ2) is 6.24. The molecule has 2 N–H and O–H groups in total. The fraction of sp³-hybridized carbons (Fsp3) is 0.400. The first-order valence-electron chi connectivity index (χ1n) is 4.72. The number of hydrogen-bond acceptors (Lipinski definition) is 5. The molecule has 0 unspecified atom stereocenters. The van der Waals surface area contributed by atoms with Crippen LogP contribution in [0.4, 0.5) is 0 Å². The average Bonchev–Trinajstić information content (AvgIpc) is 2.72. The summed E-state index contributed by atoms with van der Waals surface area (Å²) in [5.74, 6) is -1.20. The SMILES string of the molecule is COC(=O)CCNCc1ccsc1C(=O)O. The summed E-state index contributed by atoms with van der Waals surface area (Å²) in [5.41, 5.74) is 0.738. The molecule has 1 rings (SSSR count). The van der Waals surface area contributed by atoms with E-state index in [1.807, 2.05) is 0 Å². The zero-order chi connectivity index (χ0) is 12.0. The maximum atomic E-state index is 10.8. The Morgan fingerprint density at radius 1 is 1.56 bits per heavy atom. The van der Waals surface area contributed by atoms with Crippen LogP contribution in [0, 0.1) is 0 Å². The number of aromatic carboxylic acids is 1. The zero-order valence-corrected chi connectivity index (χ0v) is 9.67. The summed E-state index contributed by atoms with van der Waals surface area (Å²) in [4.78, 5) is 21.9. The van der Waals surface area contributed by atoms with Gasteiger partial charge < -0.3 is 15.2 Å². The van der Waals surface area contributed by atoms with Gasteiger partial charge in [0, 0.05) is 13.1 Å². The van der Waals surface area contributed by atoms with Gasteiger partial charge in [-0.3, -0.25) is 4.79 Å². The monoisotopic (exact) mass is 243 g/mol. The number of methoxy groups -OCH3 is 1. The molecule has 0 spiro atoms. The molecule has 0 amide bonds. The Bertz CT molecular complexity index is 375. The third-order valence-electron chi connectivity index (χ3n) is 1.99. The molecular weight excluding hydrogens is 230 g/mol. The molecule has 0 aromatic carbocycles. The lowest BCUT2D eigenvalue weighted by Gasteiger charge is -2.03. The first-order chi connectivity index (χ1) is 7.65. The number of carboxylic acids is 1. The minimum atomic E-state index is -0.917. The van der Waals surface area contributed by atoms with Crippen molar-refractivity contribution in [3.8, 4) is 0 Å². The molecule has 6 heteroatoms. The average molecular weight is 243 g/mol. The van der Waals surface area contributed by atoms with Gasteiger partial charge in [0.2, 0.25) is 0 Å². The Balaban J connectivity index is 2.34. The second-order valence-electron chi connectivity index (χ2n) is 3.08. The largest absolute Gasteiger partial charge is 0.477 e. The number of rotatable bonds is 6. The number of carboxylic acid groups (broad SMARTS) is 1. The molecule has 88 valence electrons. The molecule has 0 atom stereocenters. The molecule has 0 saturated heterocycles. The molecule has 0 saturated carbocycles. The molecule has 1 heterocycles. The Morgan fingerprint density at radius 3 is 2.94 bits per heavy atom. The molecule has 0 aliphatic rings. The van der Waals surface area contributed by atoms with Crippen LogP contribution in [-0.4, -0.2) is 30.7 Å². The predicted octanol–water partition coefficient (Wildman–Crippen LogP) is 1.10. The van der Waals surface area contributed by atoms with Crippen LogP contribution in [0.1, 0.15) is 21.7 Å². The number of nitrogens with one attached hydrogen (secondary N) is 1. The molecule has 5 nitrogen and oxygen atoms in total. The first kappa shape index (κ1) is 12.7. The van der Waals surface area contributed by atoms with E-state index in [4.69, 9.17) is 5.11 Å². The van der Waals surface area contributed by atoms with E-state index >= 15 is 0 Å². The van der Waals surface area contributed by atoms with E-state index in [1.165, 1.54) is 18.4 Å². The summed E-state index contributed by atoms with van der Waals surface area (Å²) in [5, 5.41) is 13.6. The van der Waals surface area contributed by atoms with Crippen LogP contribution in [-0.2, 0) is 16.1 Å². The highest BCUT2D eigenvalue weighted by Gasteiger charge is 2.10. The maximum absolute atomic E-state index is 10.8. The van der Waals surface area contributed by atoms with E-state index in [1.54, 1.807) is 11.4 Å². The van der Waals surface area contributed by atoms with Crippen molar-refractivity contribution in [2.45, 2.75) is 13.0 Å². The van der Waals surface area contributed by atoms with Crippen molar-refractivity contribution in [1.29, 1.82) is 0 Å². The highest BCUT2D eigenvalue weighted by Crippen LogP contribution is 2.16. The number of hydrogen-bond donors (Lipinski definition) is 2. The van der Waals surface area contributed by atoms with Gasteiger partial charge >= 0.3 is 11.9 Å². The van der Waals surface area contributed by atoms with Gasteiger partial charge in [-0.15, -0.1) is 11.3 Å². The van der Waals surface area contributed by atoms with Gasteiger partial charge in [0.1, 0.15) is 4.88 Å². The molecule has 16 heavy (non-hydrogen) atoms. The van der Waals surface area contributed by atoms with E-state index in [0.29, 0.717) is 18.0 Å². The Kier molecular flexibility index (Phi) is 4.94. The van der Waals surface area contributed by atoms with Crippen LogP contribution in [0.5, 0.6) is 0 Å². The predicted molar refractivity (Wildman–Crippen MR) is 59.6 cm³/mol. The summed E-state index contributed by atoms with van der Waals surface area (Å²) in [6.45, 7) is 0.920. The van der Waals surface area contributed by atoms with Crippen LogP contribution in [0.15, 0.2) is 11.4 Å². The van der Waals surface area contributed by atoms with Gasteiger partial charge in [0.15, 0.2) is 0 Å².